The van der Waals surface area contributed by atoms with Crippen LogP contribution in [0.3, 0.4) is 0 Å². The van der Waals surface area contributed by atoms with Gasteiger partial charge in [0.2, 0.25) is 0 Å². The first-order chi connectivity index (χ1) is 14.5. The van der Waals surface area contributed by atoms with Crippen molar-refractivity contribution < 1.29 is 19.7 Å². The van der Waals surface area contributed by atoms with Gasteiger partial charge in [0.15, 0.2) is 0 Å². The maximum Gasteiger partial charge on any atom is 0.123 e. The van der Waals surface area contributed by atoms with Crippen molar-refractivity contribution in [3.63, 3.8) is 0 Å². The van der Waals surface area contributed by atoms with Crippen LogP contribution in [0.5, 0.6) is 0 Å². The van der Waals surface area contributed by atoms with Crippen LogP contribution in [0.15, 0.2) is 60.8 Å². The first kappa shape index (κ1) is 20.7. The third kappa shape index (κ3) is 4.02. The fourth-order valence-electron chi connectivity index (χ4n) is 4.34. The predicted octanol–water partition coefficient (Wildman–Crippen LogP) is 1.74. The van der Waals surface area contributed by atoms with Gasteiger partial charge in [-0.05, 0) is 36.2 Å². The Balaban J connectivity index is 1.66. The average molecular weight is 411 g/mol. The molecule has 1 aliphatic heterocycles. The molecule has 1 fully saturated rings. The summed E-state index contributed by atoms with van der Waals surface area (Å²) in [6.45, 7) is 0.118. The smallest absolute Gasteiger partial charge is 0.123 e. The predicted molar refractivity (Wildman–Crippen MR) is 111 cm³/mol. The van der Waals surface area contributed by atoms with E-state index >= 15 is 0 Å². The second-order valence-electron chi connectivity index (χ2n) is 7.84. The van der Waals surface area contributed by atoms with Gasteiger partial charge in [0.25, 0.3) is 0 Å². The molecule has 2 heterocycles. The van der Waals surface area contributed by atoms with E-state index in [9.17, 15) is 19.7 Å². The molecule has 0 radical (unpaired) electrons. The average Bonchev–Trinajstić information content (AvgIpc) is 3.22. The Labute approximate surface area is 174 Å². The Hall–Kier alpha value is -2.58. The van der Waals surface area contributed by atoms with Gasteiger partial charge in [0.1, 0.15) is 5.82 Å². The van der Waals surface area contributed by atoms with Gasteiger partial charge in [-0.2, -0.15) is 5.10 Å². The van der Waals surface area contributed by atoms with E-state index in [0.29, 0.717) is 18.7 Å². The highest BCUT2D eigenvalue weighted by atomic mass is 19.1. The van der Waals surface area contributed by atoms with Crippen LogP contribution >= 0.6 is 0 Å². The van der Waals surface area contributed by atoms with Gasteiger partial charge in [-0.25, -0.2) is 4.39 Å². The minimum Gasteiger partial charge on any atom is -0.395 e. The molecule has 0 amide bonds. The number of hydrogen-bond donors (Lipinski definition) is 3. The quantitative estimate of drug-likeness (QED) is 0.576. The van der Waals surface area contributed by atoms with E-state index < -0.39 is 18.2 Å². The SMILES string of the molecule is Cn1cc(CN2[C@H](CO)[C@@H](O)[C@@H](O)[C@@H]2Cc2ccccc2)c(-c2ccc(F)cc2)n1. The maximum absolute atomic E-state index is 13.4. The summed E-state index contributed by atoms with van der Waals surface area (Å²) in [6, 6.07) is 15.0. The second kappa shape index (κ2) is 8.65. The third-order valence-electron chi connectivity index (χ3n) is 5.84. The Kier molecular flexibility index (Phi) is 5.97. The lowest BCUT2D eigenvalue weighted by Gasteiger charge is -2.29. The number of aliphatic hydroxyl groups excluding tert-OH is 3. The van der Waals surface area contributed by atoms with Gasteiger partial charge in [-0.3, -0.25) is 9.58 Å². The normalized spacial score (nSPS) is 24.4. The summed E-state index contributed by atoms with van der Waals surface area (Å²) in [5, 5.41) is 35.8. The molecule has 2 aromatic carbocycles. The summed E-state index contributed by atoms with van der Waals surface area (Å²) < 4.78 is 15.1. The topological polar surface area (TPSA) is 81.8 Å². The van der Waals surface area contributed by atoms with E-state index in [0.717, 1.165) is 16.7 Å². The van der Waals surface area contributed by atoms with Crippen LogP contribution in [-0.4, -0.2) is 60.9 Å². The van der Waals surface area contributed by atoms with Gasteiger partial charge >= 0.3 is 0 Å². The lowest BCUT2D eigenvalue weighted by molar-refractivity contribution is 0.0178. The Morgan fingerprint density at radius 1 is 0.967 bits per heavy atom. The van der Waals surface area contributed by atoms with Gasteiger partial charge in [-0.15, -0.1) is 0 Å². The molecule has 3 aromatic rings. The minimum atomic E-state index is -1.05. The van der Waals surface area contributed by atoms with Crippen molar-refractivity contribution in [3.05, 3.63) is 77.7 Å². The molecule has 4 rings (SSSR count). The van der Waals surface area contributed by atoms with Crippen LogP contribution in [0.1, 0.15) is 11.1 Å². The molecule has 1 saturated heterocycles. The van der Waals surface area contributed by atoms with Crippen molar-refractivity contribution >= 4 is 0 Å². The zero-order chi connectivity index (χ0) is 21.3. The monoisotopic (exact) mass is 411 g/mol. The van der Waals surface area contributed by atoms with E-state index in [-0.39, 0.29) is 18.5 Å². The van der Waals surface area contributed by atoms with E-state index in [1.54, 1.807) is 16.8 Å². The van der Waals surface area contributed by atoms with Crippen molar-refractivity contribution in [2.24, 2.45) is 7.05 Å². The van der Waals surface area contributed by atoms with Crippen LogP contribution in [-0.2, 0) is 20.0 Å². The van der Waals surface area contributed by atoms with Crippen molar-refractivity contribution in [3.8, 4) is 11.3 Å². The van der Waals surface area contributed by atoms with Crippen LogP contribution in [0.4, 0.5) is 4.39 Å². The zero-order valence-corrected chi connectivity index (χ0v) is 16.8. The summed E-state index contributed by atoms with van der Waals surface area (Å²) in [7, 11) is 1.81. The number of aryl methyl sites for hydroxylation is 1. The van der Waals surface area contributed by atoms with Gasteiger partial charge in [0, 0.05) is 37.0 Å². The van der Waals surface area contributed by atoms with Crippen LogP contribution < -0.4 is 0 Å². The van der Waals surface area contributed by atoms with E-state index in [2.05, 4.69) is 5.10 Å². The first-order valence-electron chi connectivity index (χ1n) is 10.0. The highest BCUT2D eigenvalue weighted by molar-refractivity contribution is 5.62. The number of aliphatic hydroxyl groups is 3. The molecule has 1 aliphatic rings. The molecule has 0 spiro atoms. The molecule has 7 heteroatoms. The maximum atomic E-state index is 13.4. The number of likely N-dealkylation sites (tertiary alicyclic amines) is 1. The van der Waals surface area contributed by atoms with Crippen LogP contribution in [0.2, 0.25) is 0 Å². The van der Waals surface area contributed by atoms with Gasteiger partial charge < -0.3 is 15.3 Å². The summed E-state index contributed by atoms with van der Waals surface area (Å²) in [5.74, 6) is -0.315. The highest BCUT2D eigenvalue weighted by Gasteiger charge is 2.47. The number of aromatic nitrogens is 2. The second-order valence-corrected chi connectivity index (χ2v) is 7.84. The number of rotatable bonds is 6. The molecule has 0 saturated carbocycles. The summed E-state index contributed by atoms with van der Waals surface area (Å²) in [5.41, 5.74) is 3.42. The zero-order valence-electron chi connectivity index (χ0n) is 16.8. The standard InChI is InChI=1S/C23H26FN3O3/c1-26-12-17(21(25-26)16-7-9-18(24)10-8-16)13-27-19(11-15-5-3-2-4-6-15)22(29)23(30)20(27)14-28/h2-10,12,19-20,22-23,28-30H,11,13-14H2,1H3/t19-,20+,22-,23+/m0/s1. The molecule has 1 aromatic heterocycles. The van der Waals surface area contributed by atoms with E-state index in [1.165, 1.54) is 12.1 Å². The minimum absolute atomic E-state index is 0.268. The van der Waals surface area contributed by atoms with Crippen LogP contribution in [0.25, 0.3) is 11.3 Å². The highest BCUT2D eigenvalue weighted by Crippen LogP contribution is 2.32. The lowest BCUT2D eigenvalue weighted by Crippen LogP contribution is -2.41. The molecule has 3 N–H and O–H groups in total. The Bertz CT molecular complexity index is 977. The van der Waals surface area contributed by atoms with E-state index in [1.807, 2.05) is 48.5 Å². The number of halogens is 1. The molecular formula is C23H26FN3O3. The lowest BCUT2D eigenvalue weighted by atomic mass is 10.0. The first-order valence-corrected chi connectivity index (χ1v) is 10.0. The van der Waals surface area contributed by atoms with Crippen molar-refractivity contribution in [1.29, 1.82) is 0 Å². The molecule has 6 nitrogen and oxygen atoms in total. The Morgan fingerprint density at radius 2 is 1.63 bits per heavy atom. The largest absolute Gasteiger partial charge is 0.395 e. The van der Waals surface area contributed by atoms with Crippen molar-refractivity contribution in [1.82, 2.24) is 14.7 Å². The van der Waals surface area contributed by atoms with E-state index in [4.69, 9.17) is 0 Å². The van der Waals surface area contributed by atoms with Crippen LogP contribution in [0, 0.1) is 5.82 Å². The third-order valence-corrected chi connectivity index (χ3v) is 5.84. The summed E-state index contributed by atoms with van der Waals surface area (Å²) in [4.78, 5) is 1.95. The number of hydrogen-bond acceptors (Lipinski definition) is 5. The molecular weight excluding hydrogens is 385 g/mol. The molecule has 4 atom stereocenters. The van der Waals surface area contributed by atoms with Crippen molar-refractivity contribution in [2.45, 2.75) is 37.3 Å². The molecule has 0 unspecified atom stereocenters. The number of benzene rings is 2. The fraction of sp³-hybridized carbons (Fsp3) is 0.348. The summed E-state index contributed by atoms with van der Waals surface area (Å²) >= 11 is 0. The number of nitrogens with zero attached hydrogens (tertiary/aromatic N) is 3. The Morgan fingerprint density at radius 3 is 2.30 bits per heavy atom. The molecule has 30 heavy (non-hydrogen) atoms. The summed E-state index contributed by atoms with van der Waals surface area (Å²) in [6.07, 6.45) is 0.397. The van der Waals surface area contributed by atoms with Gasteiger partial charge in [-0.1, -0.05) is 30.3 Å². The molecule has 0 aliphatic carbocycles. The molecule has 0 bridgehead atoms. The molecule has 158 valence electrons. The van der Waals surface area contributed by atoms with Gasteiger partial charge in [0.05, 0.1) is 30.6 Å². The fourth-order valence-corrected chi connectivity index (χ4v) is 4.34. The van der Waals surface area contributed by atoms with Crippen molar-refractivity contribution in [2.75, 3.05) is 6.61 Å².